The van der Waals surface area contributed by atoms with Crippen LogP contribution in [0, 0.1) is 0 Å². The molecule has 0 aliphatic rings. The van der Waals surface area contributed by atoms with E-state index >= 15 is 0 Å². The molecule has 1 heterocycles. The van der Waals surface area contributed by atoms with Gasteiger partial charge in [-0.25, -0.2) is 14.8 Å². The van der Waals surface area contributed by atoms with Gasteiger partial charge in [0.15, 0.2) is 0 Å². The topological polar surface area (TPSA) is 66.3 Å². The van der Waals surface area contributed by atoms with Crippen LogP contribution in [-0.2, 0) is 0 Å². The first-order chi connectivity index (χ1) is 8.50. The number of carbonyl (C=O) groups is 1. The van der Waals surface area contributed by atoms with Gasteiger partial charge in [-0.15, -0.1) is 0 Å². The fourth-order valence-corrected chi connectivity index (χ4v) is 1.70. The van der Waals surface area contributed by atoms with Crippen molar-refractivity contribution < 1.29 is 9.90 Å². The monoisotopic (exact) mass is 245 g/mol. The molecule has 18 heavy (non-hydrogen) atoms. The molecule has 5 heteroatoms. The third-order valence-corrected chi connectivity index (χ3v) is 2.97. The number of anilines is 1. The SMILES string of the molecule is CC(C)N(C)c1ncnc2cc(C(=O)O)ccc12. The van der Waals surface area contributed by atoms with Crippen molar-refractivity contribution in [1.82, 2.24) is 9.97 Å². The first-order valence-corrected chi connectivity index (χ1v) is 5.71. The quantitative estimate of drug-likeness (QED) is 0.897. The van der Waals surface area contributed by atoms with Crippen molar-refractivity contribution >= 4 is 22.7 Å². The maximum absolute atomic E-state index is 10.9. The molecule has 0 saturated carbocycles. The summed E-state index contributed by atoms with van der Waals surface area (Å²) in [5.41, 5.74) is 0.881. The molecule has 1 aromatic carbocycles. The summed E-state index contributed by atoms with van der Waals surface area (Å²) >= 11 is 0. The summed E-state index contributed by atoms with van der Waals surface area (Å²) in [6, 6.07) is 5.21. The Bertz CT molecular complexity index is 596. The van der Waals surface area contributed by atoms with E-state index in [1.165, 1.54) is 6.33 Å². The van der Waals surface area contributed by atoms with Crippen LogP contribution in [0.25, 0.3) is 10.9 Å². The number of hydrogen-bond acceptors (Lipinski definition) is 4. The largest absolute Gasteiger partial charge is 0.478 e. The lowest BCUT2D eigenvalue weighted by Gasteiger charge is -2.23. The summed E-state index contributed by atoms with van der Waals surface area (Å²) in [5, 5.41) is 9.82. The molecule has 0 fully saturated rings. The molecule has 0 spiro atoms. The Morgan fingerprint density at radius 1 is 1.33 bits per heavy atom. The molecular formula is C13H15N3O2. The Morgan fingerprint density at radius 2 is 2.06 bits per heavy atom. The highest BCUT2D eigenvalue weighted by Gasteiger charge is 2.12. The van der Waals surface area contributed by atoms with Gasteiger partial charge in [0.1, 0.15) is 12.1 Å². The molecule has 0 radical (unpaired) electrons. The molecule has 0 unspecified atom stereocenters. The number of benzene rings is 1. The van der Waals surface area contributed by atoms with Crippen LogP contribution in [0.5, 0.6) is 0 Å². The normalized spacial score (nSPS) is 10.9. The van der Waals surface area contributed by atoms with Gasteiger partial charge >= 0.3 is 5.97 Å². The average molecular weight is 245 g/mol. The smallest absolute Gasteiger partial charge is 0.335 e. The minimum Gasteiger partial charge on any atom is -0.478 e. The molecule has 5 nitrogen and oxygen atoms in total. The summed E-state index contributed by atoms with van der Waals surface area (Å²) < 4.78 is 0. The second-order valence-corrected chi connectivity index (χ2v) is 4.44. The summed E-state index contributed by atoms with van der Waals surface area (Å²) in [5.74, 6) is -0.138. The van der Waals surface area contributed by atoms with Gasteiger partial charge in [-0.05, 0) is 32.0 Å². The fraction of sp³-hybridized carbons (Fsp3) is 0.308. The lowest BCUT2D eigenvalue weighted by molar-refractivity contribution is 0.0697. The second-order valence-electron chi connectivity index (χ2n) is 4.44. The van der Waals surface area contributed by atoms with Crippen LogP contribution in [-0.4, -0.2) is 34.1 Å². The fourth-order valence-electron chi connectivity index (χ4n) is 1.70. The third-order valence-electron chi connectivity index (χ3n) is 2.97. The highest BCUT2D eigenvalue weighted by atomic mass is 16.4. The lowest BCUT2D eigenvalue weighted by Crippen LogP contribution is -2.26. The zero-order chi connectivity index (χ0) is 13.3. The van der Waals surface area contributed by atoms with E-state index in [4.69, 9.17) is 5.11 Å². The summed E-state index contributed by atoms with van der Waals surface area (Å²) in [6.07, 6.45) is 1.46. The van der Waals surface area contributed by atoms with Crippen LogP contribution in [0.1, 0.15) is 24.2 Å². The molecule has 1 aromatic heterocycles. The van der Waals surface area contributed by atoms with E-state index in [1.54, 1.807) is 18.2 Å². The van der Waals surface area contributed by atoms with Crippen LogP contribution in [0.4, 0.5) is 5.82 Å². The van der Waals surface area contributed by atoms with Crippen molar-refractivity contribution in [3.63, 3.8) is 0 Å². The zero-order valence-electron chi connectivity index (χ0n) is 10.6. The van der Waals surface area contributed by atoms with E-state index in [0.29, 0.717) is 11.6 Å². The second kappa shape index (κ2) is 4.60. The molecule has 0 aliphatic heterocycles. The first kappa shape index (κ1) is 12.3. The number of aromatic nitrogens is 2. The van der Waals surface area contributed by atoms with Crippen LogP contribution in [0.3, 0.4) is 0 Å². The molecule has 0 bridgehead atoms. The van der Waals surface area contributed by atoms with E-state index in [-0.39, 0.29) is 5.56 Å². The van der Waals surface area contributed by atoms with Gasteiger partial charge in [-0.2, -0.15) is 0 Å². The Kier molecular flexibility index (Phi) is 3.14. The van der Waals surface area contributed by atoms with Crippen molar-refractivity contribution in [1.29, 1.82) is 0 Å². The Balaban J connectivity index is 2.61. The maximum atomic E-state index is 10.9. The highest BCUT2D eigenvalue weighted by molar-refractivity contribution is 5.96. The number of nitrogens with zero attached hydrogens (tertiary/aromatic N) is 3. The van der Waals surface area contributed by atoms with E-state index in [2.05, 4.69) is 23.8 Å². The van der Waals surface area contributed by atoms with Gasteiger partial charge in [0.05, 0.1) is 11.1 Å². The summed E-state index contributed by atoms with van der Waals surface area (Å²) in [4.78, 5) is 21.3. The molecule has 2 aromatic rings. The first-order valence-electron chi connectivity index (χ1n) is 5.71. The van der Waals surface area contributed by atoms with E-state index in [0.717, 1.165) is 11.2 Å². The van der Waals surface area contributed by atoms with E-state index < -0.39 is 5.97 Å². The van der Waals surface area contributed by atoms with Gasteiger partial charge in [0, 0.05) is 18.5 Å². The van der Waals surface area contributed by atoms with Gasteiger partial charge in [0.25, 0.3) is 0 Å². The Hall–Kier alpha value is -2.17. The van der Waals surface area contributed by atoms with Crippen LogP contribution < -0.4 is 4.90 Å². The predicted molar refractivity (Wildman–Crippen MR) is 70.0 cm³/mol. The van der Waals surface area contributed by atoms with Crippen molar-refractivity contribution in [2.75, 3.05) is 11.9 Å². The highest BCUT2D eigenvalue weighted by Crippen LogP contribution is 2.24. The Morgan fingerprint density at radius 3 is 2.67 bits per heavy atom. The molecular weight excluding hydrogens is 230 g/mol. The summed E-state index contributed by atoms with van der Waals surface area (Å²) in [6.45, 7) is 4.14. The van der Waals surface area contributed by atoms with Crippen molar-refractivity contribution in [2.45, 2.75) is 19.9 Å². The molecule has 94 valence electrons. The molecule has 0 atom stereocenters. The van der Waals surface area contributed by atoms with Crippen LogP contribution in [0.2, 0.25) is 0 Å². The molecule has 0 aliphatic carbocycles. The lowest BCUT2D eigenvalue weighted by atomic mass is 10.1. The number of carboxylic acids is 1. The standard InChI is InChI=1S/C13H15N3O2/c1-8(2)16(3)12-10-5-4-9(13(17)18)6-11(10)14-7-15-12/h4-8H,1-3H3,(H,17,18). The molecule has 0 amide bonds. The van der Waals surface area contributed by atoms with Gasteiger partial charge in [-0.1, -0.05) is 0 Å². The minimum atomic E-state index is -0.950. The third kappa shape index (κ3) is 2.11. The van der Waals surface area contributed by atoms with Crippen molar-refractivity contribution in [2.24, 2.45) is 0 Å². The minimum absolute atomic E-state index is 0.236. The van der Waals surface area contributed by atoms with Crippen LogP contribution in [0.15, 0.2) is 24.5 Å². The molecule has 2 rings (SSSR count). The van der Waals surface area contributed by atoms with Gasteiger partial charge in [-0.3, -0.25) is 0 Å². The van der Waals surface area contributed by atoms with Gasteiger partial charge in [0.2, 0.25) is 0 Å². The van der Waals surface area contributed by atoms with Crippen LogP contribution >= 0.6 is 0 Å². The summed E-state index contributed by atoms with van der Waals surface area (Å²) in [7, 11) is 1.96. The van der Waals surface area contributed by atoms with E-state index in [9.17, 15) is 4.79 Å². The van der Waals surface area contributed by atoms with Crippen molar-refractivity contribution in [3.8, 4) is 0 Å². The number of rotatable bonds is 3. The maximum Gasteiger partial charge on any atom is 0.335 e. The Labute approximate surface area is 105 Å². The van der Waals surface area contributed by atoms with E-state index in [1.807, 2.05) is 11.9 Å². The zero-order valence-corrected chi connectivity index (χ0v) is 10.6. The molecule has 1 N–H and O–H groups in total. The van der Waals surface area contributed by atoms with Crippen molar-refractivity contribution in [3.05, 3.63) is 30.1 Å². The number of hydrogen-bond donors (Lipinski definition) is 1. The van der Waals surface area contributed by atoms with Gasteiger partial charge < -0.3 is 10.0 Å². The number of carboxylic acid groups (broad SMARTS) is 1. The number of aromatic carboxylic acids is 1. The molecule has 0 saturated heterocycles. The number of fused-ring (bicyclic) bond motifs is 1. The average Bonchev–Trinajstić information content (AvgIpc) is 2.36. The predicted octanol–water partition coefficient (Wildman–Crippen LogP) is 2.17.